The van der Waals surface area contributed by atoms with Gasteiger partial charge in [-0.2, -0.15) is 0 Å². The van der Waals surface area contributed by atoms with Crippen molar-refractivity contribution in [3.8, 4) is 0 Å². The normalized spacial score (nSPS) is 13.2. The molecule has 0 spiro atoms. The molecule has 0 radical (unpaired) electrons. The fourth-order valence-electron chi connectivity index (χ4n) is 9.40. The van der Waals surface area contributed by atoms with E-state index in [0.29, 0.717) is 0 Å². The highest BCUT2D eigenvalue weighted by Crippen LogP contribution is 2.52. The summed E-state index contributed by atoms with van der Waals surface area (Å²) in [6.07, 6.45) is 0. The minimum atomic E-state index is -0.140. The lowest BCUT2D eigenvalue weighted by molar-refractivity contribution is 0.641. The Morgan fingerprint density at radius 1 is 0.320 bits per heavy atom. The Bertz CT molecular complexity index is 2900. The fraction of sp³-hybridized carbons (Fsp3) is 0.125. The van der Waals surface area contributed by atoms with Crippen molar-refractivity contribution in [3.63, 3.8) is 0 Å². The molecule has 0 amide bonds. The van der Waals surface area contributed by atoms with E-state index in [-0.39, 0.29) is 10.8 Å². The van der Waals surface area contributed by atoms with Crippen molar-refractivity contribution in [1.82, 2.24) is 8.80 Å². The molecule has 0 bridgehead atoms. The van der Waals surface area contributed by atoms with Crippen molar-refractivity contribution < 1.29 is 0 Å². The lowest BCUT2D eigenvalue weighted by Gasteiger charge is -2.26. The van der Waals surface area contributed by atoms with Crippen LogP contribution in [-0.2, 0) is 10.8 Å². The van der Waals surface area contributed by atoms with Gasteiger partial charge in [0.05, 0.1) is 33.1 Å². The van der Waals surface area contributed by atoms with Crippen LogP contribution in [0.15, 0.2) is 146 Å². The number of fused-ring (bicyclic) bond motifs is 14. The first-order valence-electron chi connectivity index (χ1n) is 17.8. The first kappa shape index (κ1) is 28.0. The summed E-state index contributed by atoms with van der Waals surface area (Å²) in [6.45, 7) is 9.40. The van der Waals surface area contributed by atoms with Gasteiger partial charge in [0.25, 0.3) is 0 Å². The maximum Gasteiger partial charge on any atom is 0.0634 e. The van der Waals surface area contributed by atoms with Crippen molar-refractivity contribution in [2.45, 2.75) is 38.5 Å². The van der Waals surface area contributed by atoms with Crippen LogP contribution in [0.3, 0.4) is 0 Å². The van der Waals surface area contributed by atoms with Crippen LogP contribution in [0, 0.1) is 0 Å². The van der Waals surface area contributed by atoms with Gasteiger partial charge in [0, 0.05) is 53.9 Å². The average molecular weight is 641 g/mol. The van der Waals surface area contributed by atoms with E-state index in [9.17, 15) is 0 Å². The number of hydrogen-bond donors (Lipinski definition) is 0. The third kappa shape index (κ3) is 3.34. The van der Waals surface area contributed by atoms with Crippen LogP contribution in [0.25, 0.3) is 76.2 Å². The molecular weight excluding hydrogens is 605 g/mol. The molecule has 0 aliphatic rings. The van der Waals surface area contributed by atoms with Gasteiger partial charge in [0.1, 0.15) is 0 Å². The van der Waals surface area contributed by atoms with Gasteiger partial charge in [0.15, 0.2) is 0 Å². The van der Waals surface area contributed by atoms with E-state index in [1.54, 1.807) is 0 Å². The molecule has 2 heteroatoms. The lowest BCUT2D eigenvalue weighted by Crippen LogP contribution is -2.18. The highest BCUT2D eigenvalue weighted by molar-refractivity contribution is 6.45. The van der Waals surface area contributed by atoms with Gasteiger partial charge < -0.3 is 8.80 Å². The molecule has 11 aromatic rings. The zero-order chi connectivity index (χ0) is 33.5. The molecule has 0 saturated heterocycles. The quantitative estimate of drug-likeness (QED) is 0.181. The van der Waals surface area contributed by atoms with E-state index < -0.39 is 0 Å². The van der Waals surface area contributed by atoms with E-state index in [2.05, 4.69) is 182 Å². The van der Waals surface area contributed by atoms with Crippen molar-refractivity contribution in [2.24, 2.45) is 0 Å². The second-order valence-corrected chi connectivity index (χ2v) is 15.3. The van der Waals surface area contributed by atoms with Crippen LogP contribution in [0.4, 0.5) is 0 Å². The predicted molar refractivity (Wildman–Crippen MR) is 213 cm³/mol. The van der Waals surface area contributed by atoms with Crippen LogP contribution in [0.2, 0.25) is 0 Å². The molecular formula is C48H36N2. The SMILES string of the molecule is CC(C)(c1ccccc1)c1ccc2c3c4c5ccccc5n5c6cc(C(C)(C)c7ccccc7)ccc6c(c6c7ccccc7n(c2c1)c63)c45. The number of aromatic nitrogens is 2. The van der Waals surface area contributed by atoms with E-state index in [1.165, 1.54) is 98.4 Å². The molecule has 0 fully saturated rings. The van der Waals surface area contributed by atoms with Gasteiger partial charge in [-0.25, -0.2) is 0 Å². The van der Waals surface area contributed by atoms with Gasteiger partial charge in [-0.1, -0.05) is 149 Å². The Kier molecular flexibility index (Phi) is 5.28. The summed E-state index contributed by atoms with van der Waals surface area (Å²) in [5, 5.41) is 10.7. The van der Waals surface area contributed by atoms with E-state index in [4.69, 9.17) is 0 Å². The Morgan fingerprint density at radius 2 is 0.660 bits per heavy atom. The van der Waals surface area contributed by atoms with Crippen LogP contribution < -0.4 is 0 Å². The predicted octanol–water partition coefficient (Wildman–Crippen LogP) is 12.6. The molecule has 0 aliphatic carbocycles. The Balaban J connectivity index is 1.34. The molecule has 11 rings (SSSR count). The van der Waals surface area contributed by atoms with Crippen LogP contribution in [0.1, 0.15) is 49.9 Å². The fourth-order valence-corrected chi connectivity index (χ4v) is 9.40. The molecule has 238 valence electrons. The van der Waals surface area contributed by atoms with Crippen LogP contribution in [0.5, 0.6) is 0 Å². The van der Waals surface area contributed by atoms with Gasteiger partial charge in [-0.05, 0) is 46.5 Å². The summed E-state index contributed by atoms with van der Waals surface area (Å²) in [5.41, 5.74) is 12.8. The number of rotatable bonds is 4. The average Bonchev–Trinajstić information content (AvgIpc) is 3.88. The number of hydrogen-bond acceptors (Lipinski definition) is 0. The minimum absolute atomic E-state index is 0.140. The first-order valence-corrected chi connectivity index (χ1v) is 17.8. The number of para-hydroxylation sites is 2. The summed E-state index contributed by atoms with van der Waals surface area (Å²) < 4.78 is 5.15. The molecule has 2 nitrogen and oxygen atoms in total. The molecule has 0 atom stereocenters. The zero-order valence-electron chi connectivity index (χ0n) is 28.8. The van der Waals surface area contributed by atoms with Gasteiger partial charge >= 0.3 is 0 Å². The van der Waals surface area contributed by atoms with Gasteiger partial charge in [-0.15, -0.1) is 0 Å². The van der Waals surface area contributed by atoms with E-state index in [1.807, 2.05) is 0 Å². The standard InChI is InChI=1S/C48H36N2/c1-47(2,29-15-7-5-8-16-29)31-23-25-35-39(27-31)49-37-21-13-11-19-33(37)42-44-36-26-24-32(48(3,4)30-17-9-6-10-18-30)28-40(36)50-38-22-14-12-20-34(38)41(46(44)50)43(35)45(42)49/h5-28H,1-4H3. The Hall–Kier alpha value is -5.86. The highest BCUT2D eigenvalue weighted by atomic mass is 14.9. The van der Waals surface area contributed by atoms with Crippen molar-refractivity contribution in [1.29, 1.82) is 0 Å². The zero-order valence-corrected chi connectivity index (χ0v) is 28.8. The second-order valence-electron chi connectivity index (χ2n) is 15.3. The van der Waals surface area contributed by atoms with Crippen molar-refractivity contribution >= 4 is 76.2 Å². The van der Waals surface area contributed by atoms with Crippen molar-refractivity contribution in [3.05, 3.63) is 168 Å². The smallest absolute Gasteiger partial charge is 0.0634 e. The van der Waals surface area contributed by atoms with E-state index >= 15 is 0 Å². The molecule has 0 saturated carbocycles. The van der Waals surface area contributed by atoms with Gasteiger partial charge in [-0.3, -0.25) is 0 Å². The Labute approximate surface area is 290 Å². The van der Waals surface area contributed by atoms with E-state index in [0.717, 1.165) is 0 Å². The molecule has 4 aromatic heterocycles. The van der Waals surface area contributed by atoms with Crippen LogP contribution in [-0.4, -0.2) is 8.80 Å². The Morgan fingerprint density at radius 3 is 1.06 bits per heavy atom. The maximum atomic E-state index is 2.58. The molecule has 7 aromatic carbocycles. The summed E-state index contributed by atoms with van der Waals surface area (Å²) in [6, 6.07) is 54.4. The summed E-state index contributed by atoms with van der Waals surface area (Å²) in [4.78, 5) is 0. The monoisotopic (exact) mass is 640 g/mol. The molecule has 0 unspecified atom stereocenters. The van der Waals surface area contributed by atoms with Gasteiger partial charge in [0.2, 0.25) is 0 Å². The van der Waals surface area contributed by atoms with Crippen LogP contribution >= 0.6 is 0 Å². The first-order chi connectivity index (χ1) is 24.4. The summed E-state index contributed by atoms with van der Waals surface area (Å²) in [5.74, 6) is 0. The topological polar surface area (TPSA) is 8.82 Å². The highest BCUT2D eigenvalue weighted by Gasteiger charge is 2.31. The third-order valence-electron chi connectivity index (χ3n) is 12.2. The summed E-state index contributed by atoms with van der Waals surface area (Å²) in [7, 11) is 0. The maximum absolute atomic E-state index is 2.58. The lowest BCUT2D eigenvalue weighted by atomic mass is 9.78. The molecule has 4 heterocycles. The largest absolute Gasteiger partial charge is 0.308 e. The molecule has 0 N–H and O–H groups in total. The molecule has 0 aliphatic heterocycles. The van der Waals surface area contributed by atoms with Crippen molar-refractivity contribution in [2.75, 3.05) is 0 Å². The molecule has 50 heavy (non-hydrogen) atoms. The second kappa shape index (κ2) is 9.43. The number of benzene rings is 7. The third-order valence-corrected chi connectivity index (χ3v) is 12.2. The summed E-state index contributed by atoms with van der Waals surface area (Å²) >= 11 is 0. The number of nitrogens with zero attached hydrogens (tertiary/aromatic N) is 2. The minimum Gasteiger partial charge on any atom is -0.308 e.